The third-order valence-electron chi connectivity index (χ3n) is 2.29. The zero-order valence-corrected chi connectivity index (χ0v) is 11.8. The van der Waals surface area contributed by atoms with Crippen LogP contribution in [0.3, 0.4) is 0 Å². The average molecular weight is 319 g/mol. The lowest BCUT2D eigenvalue weighted by molar-refractivity contribution is -0.137. The van der Waals surface area contributed by atoms with Gasteiger partial charge in [0.05, 0.1) is 10.6 Å². The number of rotatable bonds is 5. The number of benzene rings is 1. The number of carbonyl (C=O) groups is 3. The summed E-state index contributed by atoms with van der Waals surface area (Å²) in [7, 11) is 0. The van der Waals surface area contributed by atoms with Crippen molar-refractivity contribution < 1.29 is 19.5 Å². The zero-order valence-electron chi connectivity index (χ0n) is 10.3. The zero-order chi connectivity index (χ0) is 15.1. The van der Waals surface area contributed by atoms with Crippen LogP contribution in [0.25, 0.3) is 0 Å². The van der Waals surface area contributed by atoms with Crippen molar-refractivity contribution in [2.24, 2.45) is 0 Å². The van der Waals surface area contributed by atoms with Gasteiger partial charge in [-0.15, -0.1) is 0 Å². The van der Waals surface area contributed by atoms with E-state index in [4.69, 9.17) is 28.3 Å². The molecule has 3 N–H and O–H groups in total. The quantitative estimate of drug-likeness (QED) is 0.724. The van der Waals surface area contributed by atoms with Gasteiger partial charge in [-0.25, -0.2) is 0 Å². The van der Waals surface area contributed by atoms with Crippen molar-refractivity contribution in [1.29, 1.82) is 0 Å². The van der Waals surface area contributed by atoms with E-state index in [1.165, 1.54) is 18.2 Å². The molecule has 0 radical (unpaired) electrons. The molecule has 1 aromatic carbocycles. The van der Waals surface area contributed by atoms with E-state index in [1.54, 1.807) is 0 Å². The van der Waals surface area contributed by atoms with Gasteiger partial charge >= 0.3 is 5.97 Å². The predicted octanol–water partition coefficient (Wildman–Crippen LogP) is 2.01. The molecule has 0 aliphatic rings. The Morgan fingerprint density at radius 3 is 2.40 bits per heavy atom. The number of carboxylic acid groups (broad SMARTS) is 1. The Balaban J connectivity index is 2.43. The van der Waals surface area contributed by atoms with Gasteiger partial charge in [0.1, 0.15) is 0 Å². The summed E-state index contributed by atoms with van der Waals surface area (Å²) in [5.74, 6) is -2.04. The fourth-order valence-electron chi connectivity index (χ4n) is 1.33. The number of carbonyl (C=O) groups excluding carboxylic acids is 2. The van der Waals surface area contributed by atoms with Crippen LogP contribution >= 0.6 is 23.2 Å². The minimum Gasteiger partial charge on any atom is -0.481 e. The SMILES string of the molecule is O=C(O)CCCC(=O)NNC(=O)c1ccc(Cl)cc1Cl. The second-order valence-electron chi connectivity index (χ2n) is 3.87. The number of hydrazine groups is 1. The maximum Gasteiger partial charge on any atom is 0.303 e. The third kappa shape index (κ3) is 5.46. The molecule has 1 rings (SSSR count). The fourth-order valence-corrected chi connectivity index (χ4v) is 1.82. The molecule has 20 heavy (non-hydrogen) atoms. The van der Waals surface area contributed by atoms with E-state index in [0.29, 0.717) is 5.02 Å². The summed E-state index contributed by atoms with van der Waals surface area (Å²) < 4.78 is 0. The van der Waals surface area contributed by atoms with E-state index < -0.39 is 17.8 Å². The Hall–Kier alpha value is -1.79. The Labute approximate surface area is 125 Å². The van der Waals surface area contributed by atoms with Crippen molar-refractivity contribution in [3.63, 3.8) is 0 Å². The predicted molar refractivity (Wildman–Crippen MR) is 73.6 cm³/mol. The molecule has 6 nitrogen and oxygen atoms in total. The molecule has 0 heterocycles. The van der Waals surface area contributed by atoms with Crippen LogP contribution in [0.4, 0.5) is 0 Å². The maximum absolute atomic E-state index is 11.7. The van der Waals surface area contributed by atoms with Gasteiger partial charge < -0.3 is 5.11 Å². The van der Waals surface area contributed by atoms with Crippen LogP contribution in [0, 0.1) is 0 Å². The van der Waals surface area contributed by atoms with Crippen molar-refractivity contribution in [2.45, 2.75) is 19.3 Å². The summed E-state index contributed by atoms with van der Waals surface area (Å²) in [5, 5.41) is 8.97. The molecule has 0 aromatic heterocycles. The normalized spacial score (nSPS) is 9.90. The molecule has 0 bridgehead atoms. The molecule has 108 valence electrons. The van der Waals surface area contributed by atoms with E-state index in [-0.39, 0.29) is 29.8 Å². The Bertz CT molecular complexity index is 534. The van der Waals surface area contributed by atoms with Crippen molar-refractivity contribution in [2.75, 3.05) is 0 Å². The maximum atomic E-state index is 11.7. The molecule has 8 heteroatoms. The second-order valence-corrected chi connectivity index (χ2v) is 4.72. The van der Waals surface area contributed by atoms with Crippen molar-refractivity contribution in [3.8, 4) is 0 Å². The number of hydrogen-bond acceptors (Lipinski definition) is 3. The van der Waals surface area contributed by atoms with Crippen LogP contribution in [0.15, 0.2) is 18.2 Å². The molecule has 0 spiro atoms. The molecule has 0 unspecified atom stereocenters. The van der Waals surface area contributed by atoms with Gasteiger partial charge in [0, 0.05) is 17.9 Å². The molecule has 0 saturated carbocycles. The van der Waals surface area contributed by atoms with Crippen LogP contribution in [0.2, 0.25) is 10.0 Å². The molecule has 0 atom stereocenters. The standard InChI is InChI=1S/C12H12Cl2N2O4/c13-7-4-5-8(9(14)6-7)12(20)16-15-10(17)2-1-3-11(18)19/h4-6H,1-3H2,(H,15,17)(H,16,20)(H,18,19). The monoisotopic (exact) mass is 318 g/mol. The summed E-state index contributed by atoms with van der Waals surface area (Å²) in [4.78, 5) is 33.3. The van der Waals surface area contributed by atoms with E-state index in [1.807, 2.05) is 0 Å². The first-order chi connectivity index (χ1) is 9.40. The molecule has 1 aromatic rings. The molecule has 0 aliphatic heterocycles. The number of amides is 2. The van der Waals surface area contributed by atoms with Gasteiger partial charge in [-0.05, 0) is 24.6 Å². The van der Waals surface area contributed by atoms with Crippen LogP contribution < -0.4 is 10.9 Å². The van der Waals surface area contributed by atoms with Crippen molar-refractivity contribution in [1.82, 2.24) is 10.9 Å². The largest absolute Gasteiger partial charge is 0.481 e. The average Bonchev–Trinajstić information content (AvgIpc) is 2.35. The lowest BCUT2D eigenvalue weighted by Crippen LogP contribution is -2.41. The van der Waals surface area contributed by atoms with Gasteiger partial charge in [-0.2, -0.15) is 0 Å². The second kappa shape index (κ2) is 7.72. The molecular formula is C12H12Cl2N2O4. The minimum absolute atomic E-state index is 0.000923. The fraction of sp³-hybridized carbons (Fsp3) is 0.250. The van der Waals surface area contributed by atoms with Gasteiger partial charge in [0.15, 0.2) is 0 Å². The Kier molecular flexibility index (Phi) is 6.27. The Morgan fingerprint density at radius 1 is 1.10 bits per heavy atom. The molecule has 0 aliphatic carbocycles. The summed E-state index contributed by atoms with van der Waals surface area (Å²) in [5.41, 5.74) is 4.53. The number of halogens is 2. The topological polar surface area (TPSA) is 95.5 Å². The number of aliphatic carboxylic acids is 1. The van der Waals surface area contributed by atoms with Gasteiger partial charge in [0.25, 0.3) is 5.91 Å². The minimum atomic E-state index is -0.977. The molecule has 0 fully saturated rings. The van der Waals surface area contributed by atoms with Crippen LogP contribution in [-0.4, -0.2) is 22.9 Å². The van der Waals surface area contributed by atoms with Gasteiger partial charge in [-0.1, -0.05) is 23.2 Å². The van der Waals surface area contributed by atoms with E-state index >= 15 is 0 Å². The highest BCUT2D eigenvalue weighted by molar-refractivity contribution is 6.36. The van der Waals surface area contributed by atoms with Crippen molar-refractivity contribution >= 4 is 41.0 Å². The highest BCUT2D eigenvalue weighted by atomic mass is 35.5. The van der Waals surface area contributed by atoms with Crippen LogP contribution in [0.1, 0.15) is 29.6 Å². The summed E-state index contributed by atoms with van der Waals surface area (Å²) >= 11 is 11.5. The van der Waals surface area contributed by atoms with Gasteiger partial charge in [0.2, 0.25) is 5.91 Å². The highest BCUT2D eigenvalue weighted by Crippen LogP contribution is 2.20. The smallest absolute Gasteiger partial charge is 0.303 e. The summed E-state index contributed by atoms with van der Waals surface area (Å²) in [6, 6.07) is 4.33. The van der Waals surface area contributed by atoms with Gasteiger partial charge in [-0.3, -0.25) is 25.2 Å². The summed E-state index contributed by atoms with van der Waals surface area (Å²) in [6.45, 7) is 0. The summed E-state index contributed by atoms with van der Waals surface area (Å²) in [6.07, 6.45) is 0.0873. The molecular weight excluding hydrogens is 307 g/mol. The lowest BCUT2D eigenvalue weighted by atomic mass is 10.2. The van der Waals surface area contributed by atoms with Crippen molar-refractivity contribution in [3.05, 3.63) is 33.8 Å². The first kappa shape index (κ1) is 16.3. The number of carboxylic acids is 1. The lowest BCUT2D eigenvalue weighted by Gasteiger charge is -2.08. The first-order valence-corrected chi connectivity index (χ1v) is 6.42. The molecule has 0 saturated heterocycles. The van der Waals surface area contributed by atoms with E-state index in [2.05, 4.69) is 10.9 Å². The van der Waals surface area contributed by atoms with Crippen LogP contribution in [0.5, 0.6) is 0 Å². The first-order valence-electron chi connectivity index (χ1n) is 5.66. The van der Waals surface area contributed by atoms with E-state index in [9.17, 15) is 14.4 Å². The van der Waals surface area contributed by atoms with Crippen LogP contribution in [-0.2, 0) is 9.59 Å². The number of nitrogens with one attached hydrogen (secondary N) is 2. The number of hydrogen-bond donors (Lipinski definition) is 3. The highest BCUT2D eigenvalue weighted by Gasteiger charge is 2.11. The molecule has 2 amide bonds. The Morgan fingerprint density at radius 2 is 1.80 bits per heavy atom. The third-order valence-corrected chi connectivity index (χ3v) is 2.83. The van der Waals surface area contributed by atoms with E-state index in [0.717, 1.165) is 0 Å².